The van der Waals surface area contributed by atoms with Crippen LogP contribution in [-0.4, -0.2) is 13.9 Å². The highest BCUT2D eigenvalue weighted by Gasteiger charge is 2.17. The highest BCUT2D eigenvalue weighted by Crippen LogP contribution is 2.11. The molecule has 0 spiro atoms. The second-order valence-electron chi connectivity index (χ2n) is 4.01. The van der Waals surface area contributed by atoms with E-state index in [-0.39, 0.29) is 11.4 Å². The highest BCUT2D eigenvalue weighted by atomic mass is 35.5. The Kier molecular flexibility index (Phi) is 2.48. The molecule has 92 valence electrons. The average molecular weight is 264 g/mol. The summed E-state index contributed by atoms with van der Waals surface area (Å²) in [5.41, 5.74) is -0.123. The smallest absolute Gasteiger partial charge is 0.245 e. The van der Waals surface area contributed by atoms with Gasteiger partial charge in [0.05, 0.1) is 18.8 Å². The number of hydrogen-bond acceptors (Lipinski definition) is 2. The van der Waals surface area contributed by atoms with Crippen molar-refractivity contribution in [3.63, 3.8) is 0 Å². The molecular weight excluding hydrogens is 254 g/mol. The first kappa shape index (κ1) is 11.1. The lowest BCUT2D eigenvalue weighted by Gasteiger charge is -2.08. The molecule has 0 radical (unpaired) electrons. The predicted molar refractivity (Wildman–Crippen MR) is 68.4 cm³/mol. The van der Waals surface area contributed by atoms with E-state index in [1.165, 1.54) is 9.36 Å². The topological polar surface area (TPSA) is 48.9 Å². The molecule has 0 amide bonds. The third-order valence-corrected chi connectivity index (χ3v) is 3.18. The number of hydrogen-bond donors (Lipinski definition) is 0. The summed E-state index contributed by atoms with van der Waals surface area (Å²) < 4.78 is 4.01. The second kappa shape index (κ2) is 4.03. The zero-order valence-electron chi connectivity index (χ0n) is 9.41. The molecule has 1 aliphatic heterocycles. The van der Waals surface area contributed by atoms with Crippen LogP contribution in [0.4, 0.5) is 0 Å². The molecule has 0 saturated carbocycles. The molecule has 2 heterocycles. The van der Waals surface area contributed by atoms with Crippen molar-refractivity contribution in [1.29, 1.82) is 0 Å². The van der Waals surface area contributed by atoms with Crippen molar-refractivity contribution in [2.24, 2.45) is 0 Å². The minimum Gasteiger partial charge on any atom is -0.245 e. The van der Waals surface area contributed by atoms with Gasteiger partial charge in [-0.3, -0.25) is 0 Å². The van der Waals surface area contributed by atoms with Crippen molar-refractivity contribution in [2.45, 2.75) is 13.1 Å². The van der Waals surface area contributed by atoms with Crippen molar-refractivity contribution >= 4 is 11.6 Å². The van der Waals surface area contributed by atoms with E-state index in [0.29, 0.717) is 23.8 Å². The number of fused-ring (bicyclic) bond motifs is 1. The Morgan fingerprint density at radius 1 is 0.889 bits per heavy atom. The van der Waals surface area contributed by atoms with E-state index in [0.717, 1.165) is 4.57 Å². The number of benzene rings is 1. The maximum absolute atomic E-state index is 12.2. The van der Waals surface area contributed by atoms with Crippen molar-refractivity contribution < 1.29 is 0 Å². The van der Waals surface area contributed by atoms with Gasteiger partial charge in [-0.25, -0.2) is 23.5 Å². The normalized spacial score (nSPS) is 13.6. The number of nitrogens with zero attached hydrogens (tertiary/aromatic N) is 3. The third-order valence-electron chi connectivity index (χ3n) is 2.92. The van der Waals surface area contributed by atoms with Gasteiger partial charge in [-0.2, -0.15) is 0 Å². The highest BCUT2D eigenvalue weighted by molar-refractivity contribution is 6.30. The molecule has 6 heteroatoms. The minimum atomic E-state index is -0.327. The molecule has 0 unspecified atom stereocenters. The Morgan fingerprint density at radius 3 is 1.89 bits per heavy atom. The first-order chi connectivity index (χ1) is 8.68. The monoisotopic (exact) mass is 263 g/mol. The van der Waals surface area contributed by atoms with Gasteiger partial charge in [-0.15, -0.1) is 0 Å². The van der Waals surface area contributed by atoms with Crippen molar-refractivity contribution in [1.82, 2.24) is 13.9 Å². The summed E-state index contributed by atoms with van der Waals surface area (Å²) in [6, 6.07) is 6.63. The van der Waals surface area contributed by atoms with E-state index in [4.69, 9.17) is 11.6 Å². The molecule has 0 atom stereocenters. The van der Waals surface area contributed by atoms with Gasteiger partial charge >= 0.3 is 11.4 Å². The molecule has 0 N–H and O–H groups in total. The summed E-state index contributed by atoms with van der Waals surface area (Å²) >= 11 is 5.79. The van der Waals surface area contributed by atoms with Crippen LogP contribution in [0.5, 0.6) is 0 Å². The van der Waals surface area contributed by atoms with Crippen molar-refractivity contribution in [2.75, 3.05) is 0 Å². The molecule has 1 aromatic carbocycles. The second-order valence-corrected chi connectivity index (χ2v) is 4.45. The maximum atomic E-state index is 12.2. The summed E-state index contributed by atoms with van der Waals surface area (Å²) in [4.78, 5) is 24.3. The predicted octanol–water partition coefficient (Wildman–Crippen LogP) is 1.02. The summed E-state index contributed by atoms with van der Waals surface area (Å²) in [6.07, 6.45) is 3.74. The van der Waals surface area contributed by atoms with Crippen molar-refractivity contribution in [3.05, 3.63) is 62.4 Å². The van der Waals surface area contributed by atoms with E-state index in [2.05, 4.69) is 0 Å². The first-order valence-electron chi connectivity index (χ1n) is 5.52. The van der Waals surface area contributed by atoms with Crippen LogP contribution >= 0.6 is 11.6 Å². The Morgan fingerprint density at radius 2 is 1.39 bits per heavy atom. The van der Waals surface area contributed by atoms with Crippen LogP contribution in [0.2, 0.25) is 5.02 Å². The van der Waals surface area contributed by atoms with Gasteiger partial charge < -0.3 is 0 Å². The van der Waals surface area contributed by atoms with Gasteiger partial charge in [0.2, 0.25) is 0 Å². The summed E-state index contributed by atoms with van der Waals surface area (Å²) in [7, 11) is 0. The molecule has 18 heavy (non-hydrogen) atoms. The quantitative estimate of drug-likeness (QED) is 0.722. The van der Waals surface area contributed by atoms with E-state index >= 15 is 0 Å². The third kappa shape index (κ3) is 1.55. The number of aromatic nitrogens is 3. The van der Waals surface area contributed by atoms with Crippen LogP contribution in [0.25, 0.3) is 5.69 Å². The van der Waals surface area contributed by atoms with Crippen molar-refractivity contribution in [3.8, 4) is 5.69 Å². The molecule has 1 aliphatic rings. The molecule has 2 aromatic rings. The summed E-state index contributed by atoms with van der Waals surface area (Å²) in [5, 5.41) is 0.567. The minimum absolute atomic E-state index is 0.327. The van der Waals surface area contributed by atoms with Crippen LogP contribution in [0.15, 0.2) is 46.0 Å². The van der Waals surface area contributed by atoms with E-state index in [1.807, 2.05) is 12.2 Å². The fraction of sp³-hybridized carbons (Fsp3) is 0.167. The maximum Gasteiger partial charge on any atom is 0.352 e. The summed E-state index contributed by atoms with van der Waals surface area (Å²) in [6.45, 7) is 0.851. The lowest BCUT2D eigenvalue weighted by atomic mass is 10.3. The van der Waals surface area contributed by atoms with Crippen LogP contribution in [-0.2, 0) is 13.1 Å². The van der Waals surface area contributed by atoms with Gasteiger partial charge in [-0.05, 0) is 24.3 Å². The van der Waals surface area contributed by atoms with Crippen LogP contribution in [0.3, 0.4) is 0 Å². The molecule has 5 nitrogen and oxygen atoms in total. The Balaban J connectivity index is 2.25. The molecule has 0 bridgehead atoms. The molecule has 0 aliphatic carbocycles. The van der Waals surface area contributed by atoms with Gasteiger partial charge in [0.1, 0.15) is 0 Å². The summed E-state index contributed by atoms with van der Waals surface area (Å²) in [5.74, 6) is 0. The number of allylic oxidation sites excluding steroid dienone is 2. The average Bonchev–Trinajstić information content (AvgIpc) is 2.64. The Labute approximate surface area is 107 Å². The van der Waals surface area contributed by atoms with Gasteiger partial charge in [0.15, 0.2) is 0 Å². The van der Waals surface area contributed by atoms with E-state index in [9.17, 15) is 9.59 Å². The van der Waals surface area contributed by atoms with Gasteiger partial charge in [0, 0.05) is 5.02 Å². The van der Waals surface area contributed by atoms with Crippen LogP contribution in [0, 0.1) is 0 Å². The Hall–Kier alpha value is -2.01. The van der Waals surface area contributed by atoms with Crippen LogP contribution in [0.1, 0.15) is 0 Å². The fourth-order valence-corrected chi connectivity index (χ4v) is 2.16. The SMILES string of the molecule is O=c1n(-c2ccc(Cl)cc2)c(=O)n2n1CC=CC2. The van der Waals surface area contributed by atoms with E-state index < -0.39 is 0 Å². The number of halogens is 1. The van der Waals surface area contributed by atoms with Gasteiger partial charge in [0.25, 0.3) is 0 Å². The Bertz CT molecular complexity index is 695. The zero-order valence-corrected chi connectivity index (χ0v) is 10.2. The molecule has 0 fully saturated rings. The van der Waals surface area contributed by atoms with E-state index in [1.54, 1.807) is 24.3 Å². The molecule has 3 rings (SSSR count). The zero-order chi connectivity index (χ0) is 12.7. The lowest BCUT2D eigenvalue weighted by molar-refractivity contribution is 0.482. The van der Waals surface area contributed by atoms with Crippen LogP contribution < -0.4 is 11.4 Å². The molecule has 1 aromatic heterocycles. The fourth-order valence-electron chi connectivity index (χ4n) is 2.03. The molecule has 0 saturated heterocycles. The standard InChI is InChI=1S/C12H10ClN3O2/c13-9-3-5-10(6-4-9)16-11(17)14-7-1-2-8-15(14)12(16)18/h1-6H,7-8H2. The molecular formula is C12H10ClN3O2. The van der Waals surface area contributed by atoms with Gasteiger partial charge in [-0.1, -0.05) is 23.8 Å². The number of rotatable bonds is 1. The largest absolute Gasteiger partial charge is 0.352 e. The lowest BCUT2D eigenvalue weighted by Crippen LogP contribution is -2.28. The first-order valence-corrected chi connectivity index (χ1v) is 5.90.